The number of nitrogens with one attached hydrogen (secondary N) is 1. The molecule has 114 valence electrons. The molecule has 21 heavy (non-hydrogen) atoms. The van der Waals surface area contributed by atoms with Crippen molar-refractivity contribution in [2.24, 2.45) is 0 Å². The fourth-order valence-corrected chi connectivity index (χ4v) is 2.66. The predicted octanol–water partition coefficient (Wildman–Crippen LogP) is 3.44. The summed E-state index contributed by atoms with van der Waals surface area (Å²) in [4.78, 5) is 2.14. The summed E-state index contributed by atoms with van der Waals surface area (Å²) in [5.41, 5.74) is 1.13. The first-order valence-electron chi connectivity index (χ1n) is 6.84. The van der Waals surface area contributed by atoms with Crippen molar-refractivity contribution in [3.05, 3.63) is 52.4 Å². The van der Waals surface area contributed by atoms with Gasteiger partial charge in [0, 0.05) is 23.1 Å². The normalized spacial score (nSPS) is 12.6. The van der Waals surface area contributed by atoms with Gasteiger partial charge in [0.25, 0.3) is 0 Å². The Morgan fingerprint density at radius 1 is 1.33 bits per heavy atom. The molecular weight excluding hydrogens is 332 g/mol. The maximum absolute atomic E-state index is 5.51. The Balaban J connectivity index is 1.98. The van der Waals surface area contributed by atoms with Crippen LogP contribution >= 0.6 is 15.9 Å². The Labute approximate surface area is 134 Å². The molecule has 1 heterocycles. The lowest BCUT2D eigenvalue weighted by Crippen LogP contribution is -2.30. The topological polar surface area (TPSA) is 37.6 Å². The highest BCUT2D eigenvalue weighted by Crippen LogP contribution is 2.23. The van der Waals surface area contributed by atoms with E-state index in [1.165, 1.54) is 0 Å². The number of furan rings is 1. The van der Waals surface area contributed by atoms with Gasteiger partial charge in [-0.1, -0.05) is 15.9 Å². The molecule has 0 radical (unpaired) electrons. The van der Waals surface area contributed by atoms with Crippen molar-refractivity contribution >= 4 is 15.9 Å². The SMILES string of the molecule is COc1ccc(Br)cc1CNCC(c1ccco1)N(C)C. The van der Waals surface area contributed by atoms with Crippen molar-refractivity contribution in [2.45, 2.75) is 12.6 Å². The van der Waals surface area contributed by atoms with Crippen molar-refractivity contribution in [1.29, 1.82) is 0 Å². The number of halogens is 1. The largest absolute Gasteiger partial charge is 0.496 e. The molecule has 2 aromatic rings. The minimum atomic E-state index is 0.207. The minimum absolute atomic E-state index is 0.207. The van der Waals surface area contributed by atoms with Crippen molar-refractivity contribution in [3.63, 3.8) is 0 Å². The second-order valence-corrected chi connectivity index (χ2v) is 6.00. The van der Waals surface area contributed by atoms with Gasteiger partial charge in [0.2, 0.25) is 0 Å². The molecule has 2 rings (SSSR count). The monoisotopic (exact) mass is 352 g/mol. The van der Waals surface area contributed by atoms with E-state index < -0.39 is 0 Å². The number of rotatable bonds is 7. The lowest BCUT2D eigenvalue weighted by molar-refractivity contribution is 0.250. The van der Waals surface area contributed by atoms with Gasteiger partial charge in [0.05, 0.1) is 19.4 Å². The Hall–Kier alpha value is -1.30. The molecule has 1 aromatic heterocycles. The van der Waals surface area contributed by atoms with Crippen LogP contribution in [0.25, 0.3) is 0 Å². The summed E-state index contributed by atoms with van der Waals surface area (Å²) in [6.07, 6.45) is 1.71. The van der Waals surface area contributed by atoms with Crippen molar-refractivity contribution in [1.82, 2.24) is 10.2 Å². The molecule has 1 aromatic carbocycles. The standard InChI is InChI=1S/C16H21BrN2O2/c1-19(2)14(16-5-4-8-21-16)11-18-10-12-9-13(17)6-7-15(12)20-3/h4-9,14,18H,10-11H2,1-3H3. The highest BCUT2D eigenvalue weighted by molar-refractivity contribution is 9.10. The van der Waals surface area contributed by atoms with E-state index in [0.717, 1.165) is 34.6 Å². The van der Waals surface area contributed by atoms with E-state index >= 15 is 0 Å². The third-order valence-corrected chi connectivity index (χ3v) is 3.88. The zero-order valence-electron chi connectivity index (χ0n) is 12.6. The molecule has 4 nitrogen and oxygen atoms in total. The van der Waals surface area contributed by atoms with Crippen LogP contribution in [0.4, 0.5) is 0 Å². The molecule has 0 bridgehead atoms. The van der Waals surface area contributed by atoms with Crippen LogP contribution in [0, 0.1) is 0 Å². The summed E-state index contributed by atoms with van der Waals surface area (Å²) < 4.78 is 11.9. The fraction of sp³-hybridized carbons (Fsp3) is 0.375. The summed E-state index contributed by atoms with van der Waals surface area (Å²) in [7, 11) is 5.79. The maximum Gasteiger partial charge on any atom is 0.123 e. The second-order valence-electron chi connectivity index (χ2n) is 5.08. The predicted molar refractivity (Wildman–Crippen MR) is 87.5 cm³/mol. The van der Waals surface area contributed by atoms with Crippen molar-refractivity contribution in [2.75, 3.05) is 27.7 Å². The molecule has 0 saturated heterocycles. The molecule has 1 N–H and O–H groups in total. The van der Waals surface area contributed by atoms with Gasteiger partial charge in [-0.2, -0.15) is 0 Å². The quantitative estimate of drug-likeness (QED) is 0.828. The van der Waals surface area contributed by atoms with Crippen LogP contribution in [0.2, 0.25) is 0 Å². The van der Waals surface area contributed by atoms with E-state index in [2.05, 4.69) is 46.3 Å². The highest BCUT2D eigenvalue weighted by atomic mass is 79.9. The van der Waals surface area contributed by atoms with E-state index in [1.807, 2.05) is 24.3 Å². The Bertz CT molecular complexity index is 555. The maximum atomic E-state index is 5.51. The highest BCUT2D eigenvalue weighted by Gasteiger charge is 2.16. The van der Waals surface area contributed by atoms with Crippen LogP contribution in [0.5, 0.6) is 5.75 Å². The third-order valence-electron chi connectivity index (χ3n) is 3.39. The Morgan fingerprint density at radius 3 is 2.76 bits per heavy atom. The molecule has 0 saturated carbocycles. The van der Waals surface area contributed by atoms with Gasteiger partial charge >= 0.3 is 0 Å². The summed E-state index contributed by atoms with van der Waals surface area (Å²) in [6, 6.07) is 10.2. The van der Waals surface area contributed by atoms with Crippen LogP contribution in [0.1, 0.15) is 17.4 Å². The first kappa shape index (κ1) is 16.1. The molecule has 5 heteroatoms. The number of nitrogens with zero attached hydrogens (tertiary/aromatic N) is 1. The fourth-order valence-electron chi connectivity index (χ4n) is 2.25. The van der Waals surface area contributed by atoms with Gasteiger partial charge in [-0.3, -0.25) is 4.90 Å². The average molecular weight is 353 g/mol. The first-order chi connectivity index (χ1) is 10.1. The van der Waals surface area contributed by atoms with Gasteiger partial charge in [-0.15, -0.1) is 0 Å². The lowest BCUT2D eigenvalue weighted by Gasteiger charge is -2.23. The molecule has 0 amide bonds. The zero-order chi connectivity index (χ0) is 15.2. The van der Waals surface area contributed by atoms with Crippen molar-refractivity contribution < 1.29 is 9.15 Å². The van der Waals surface area contributed by atoms with E-state index in [-0.39, 0.29) is 6.04 Å². The summed E-state index contributed by atoms with van der Waals surface area (Å²) in [6.45, 7) is 1.55. The molecule has 1 unspecified atom stereocenters. The molecule has 0 spiro atoms. The lowest BCUT2D eigenvalue weighted by atomic mass is 10.1. The number of hydrogen-bond acceptors (Lipinski definition) is 4. The summed E-state index contributed by atoms with van der Waals surface area (Å²) >= 11 is 3.49. The number of hydrogen-bond donors (Lipinski definition) is 1. The zero-order valence-corrected chi connectivity index (χ0v) is 14.2. The van der Waals surface area contributed by atoms with Crippen molar-refractivity contribution in [3.8, 4) is 5.75 Å². The summed E-state index contributed by atoms with van der Waals surface area (Å²) in [5.74, 6) is 1.86. The van der Waals surface area contributed by atoms with Crippen LogP contribution < -0.4 is 10.1 Å². The molecule has 0 aliphatic carbocycles. The van der Waals surface area contributed by atoms with E-state index in [9.17, 15) is 0 Å². The number of methoxy groups -OCH3 is 1. The van der Waals surface area contributed by atoms with E-state index in [0.29, 0.717) is 0 Å². The number of ether oxygens (including phenoxy) is 1. The van der Waals surface area contributed by atoms with E-state index in [4.69, 9.17) is 9.15 Å². The van der Waals surface area contributed by atoms with Gasteiger partial charge in [0.15, 0.2) is 0 Å². The molecule has 0 fully saturated rings. The van der Waals surface area contributed by atoms with Crippen LogP contribution in [-0.2, 0) is 6.54 Å². The van der Waals surface area contributed by atoms with Crippen LogP contribution in [0.3, 0.4) is 0 Å². The Morgan fingerprint density at radius 2 is 2.14 bits per heavy atom. The molecule has 0 aliphatic rings. The molecular formula is C16H21BrN2O2. The average Bonchev–Trinajstić information content (AvgIpc) is 2.97. The summed E-state index contributed by atoms with van der Waals surface area (Å²) in [5, 5.41) is 3.47. The van der Waals surface area contributed by atoms with Gasteiger partial charge in [-0.25, -0.2) is 0 Å². The smallest absolute Gasteiger partial charge is 0.123 e. The first-order valence-corrected chi connectivity index (χ1v) is 7.64. The molecule has 1 atom stereocenters. The number of likely N-dealkylation sites (N-methyl/N-ethyl adjacent to an activating group) is 1. The van der Waals surface area contributed by atoms with Crippen LogP contribution in [0.15, 0.2) is 45.5 Å². The van der Waals surface area contributed by atoms with Gasteiger partial charge in [0.1, 0.15) is 11.5 Å². The second kappa shape index (κ2) is 7.64. The van der Waals surface area contributed by atoms with Crippen LogP contribution in [-0.4, -0.2) is 32.6 Å². The van der Waals surface area contributed by atoms with E-state index in [1.54, 1.807) is 13.4 Å². The minimum Gasteiger partial charge on any atom is -0.496 e. The number of benzene rings is 1. The Kier molecular flexibility index (Phi) is 5.85. The van der Waals surface area contributed by atoms with Gasteiger partial charge in [-0.05, 0) is 44.4 Å². The van der Waals surface area contributed by atoms with Gasteiger partial charge < -0.3 is 14.5 Å². The molecule has 0 aliphatic heterocycles. The third kappa shape index (κ3) is 4.33.